The molecule has 0 fully saturated rings. The number of pyridine rings is 1. The largest absolute Gasteiger partial charge is 0.496 e. The highest BCUT2D eigenvalue weighted by Gasteiger charge is 2.38. The van der Waals surface area contributed by atoms with E-state index in [1.54, 1.807) is 4.68 Å². The fourth-order valence-electron chi connectivity index (χ4n) is 1.95. The molecule has 0 bridgehead atoms. The Bertz CT molecular complexity index is 774. The van der Waals surface area contributed by atoms with Crippen LogP contribution < -0.4 is 9.47 Å². The maximum atomic E-state index is 12.6. The van der Waals surface area contributed by atoms with E-state index in [0.29, 0.717) is 28.6 Å². The van der Waals surface area contributed by atoms with Gasteiger partial charge in [-0.2, -0.15) is 27.9 Å². The van der Waals surface area contributed by atoms with Gasteiger partial charge in [-0.15, -0.1) is 0 Å². The van der Waals surface area contributed by atoms with Crippen molar-refractivity contribution < 1.29 is 32.2 Å². The van der Waals surface area contributed by atoms with Crippen molar-refractivity contribution >= 4 is 17.8 Å². The summed E-state index contributed by atoms with van der Waals surface area (Å²) in [7, 11) is 1.40. The highest BCUT2D eigenvalue weighted by atomic mass is 35.5. The highest BCUT2D eigenvalue weighted by Crippen LogP contribution is 2.36. The topological polar surface area (TPSA) is 83.3 Å². The van der Waals surface area contributed by atoms with Crippen LogP contribution in [0.2, 0.25) is 5.02 Å². The molecular weight excluding hydrogens is 379 g/mol. The van der Waals surface area contributed by atoms with Gasteiger partial charge in [-0.25, -0.2) is 4.98 Å². The number of nitrogens with zero attached hydrogens (tertiary/aromatic N) is 3. The van der Waals surface area contributed by atoms with E-state index in [1.165, 1.54) is 25.6 Å². The van der Waals surface area contributed by atoms with Crippen molar-refractivity contribution in [2.45, 2.75) is 32.7 Å². The van der Waals surface area contributed by atoms with Crippen molar-refractivity contribution in [1.29, 1.82) is 0 Å². The van der Waals surface area contributed by atoms with Gasteiger partial charge < -0.3 is 9.47 Å². The standard InChI is InChI=1S/C14H15ClF3N3O2.CO2/c1-4-21-13(10(15)7-20-21)9-6-19-12(5-11(9)22-3)23-8(2)14(16,17)18;2-1-3/h5-8H,4H2,1-3H3;/t8-;/m1./s1. The van der Waals surface area contributed by atoms with Crippen molar-refractivity contribution in [3.8, 4) is 22.9 Å². The molecule has 0 radical (unpaired) electrons. The average molecular weight is 394 g/mol. The molecule has 0 aliphatic carbocycles. The van der Waals surface area contributed by atoms with E-state index < -0.39 is 12.3 Å². The molecule has 2 aromatic rings. The van der Waals surface area contributed by atoms with E-state index in [9.17, 15) is 13.2 Å². The molecule has 0 amide bonds. The van der Waals surface area contributed by atoms with Crippen molar-refractivity contribution in [2.24, 2.45) is 0 Å². The second-order valence-corrected chi connectivity index (χ2v) is 5.17. The van der Waals surface area contributed by atoms with E-state index in [4.69, 9.17) is 30.7 Å². The smallest absolute Gasteiger partial charge is 0.425 e. The van der Waals surface area contributed by atoms with E-state index in [0.717, 1.165) is 6.92 Å². The summed E-state index contributed by atoms with van der Waals surface area (Å²) >= 11 is 6.12. The lowest BCUT2D eigenvalue weighted by atomic mass is 10.2. The molecule has 11 heteroatoms. The molecule has 7 nitrogen and oxygen atoms in total. The van der Waals surface area contributed by atoms with Crippen LogP contribution in [0.25, 0.3) is 11.3 Å². The second kappa shape index (κ2) is 9.21. The molecule has 0 aliphatic heterocycles. The molecule has 0 N–H and O–H groups in total. The Hall–Kier alpha value is -2.58. The highest BCUT2D eigenvalue weighted by molar-refractivity contribution is 6.33. The number of halogens is 4. The van der Waals surface area contributed by atoms with Crippen molar-refractivity contribution in [2.75, 3.05) is 7.11 Å². The first-order valence-electron chi connectivity index (χ1n) is 7.17. The quantitative estimate of drug-likeness (QED) is 0.774. The van der Waals surface area contributed by atoms with Gasteiger partial charge in [0, 0.05) is 18.8 Å². The van der Waals surface area contributed by atoms with Crippen LogP contribution in [0.4, 0.5) is 13.2 Å². The molecule has 2 heterocycles. The summed E-state index contributed by atoms with van der Waals surface area (Å²) in [6.45, 7) is 3.36. The zero-order valence-electron chi connectivity index (χ0n) is 14.0. The van der Waals surface area contributed by atoms with Gasteiger partial charge in [-0.05, 0) is 13.8 Å². The number of rotatable bonds is 5. The van der Waals surface area contributed by atoms with Gasteiger partial charge in [-0.3, -0.25) is 4.68 Å². The number of alkyl halides is 3. The monoisotopic (exact) mass is 393 g/mol. The van der Waals surface area contributed by atoms with Crippen molar-refractivity contribution in [1.82, 2.24) is 14.8 Å². The van der Waals surface area contributed by atoms with E-state index in [1.807, 2.05) is 6.92 Å². The molecule has 1 atom stereocenters. The van der Waals surface area contributed by atoms with Crippen LogP contribution in [-0.2, 0) is 16.1 Å². The molecule has 0 aromatic carbocycles. The molecule has 142 valence electrons. The van der Waals surface area contributed by atoms with Gasteiger partial charge in [0.25, 0.3) is 0 Å². The van der Waals surface area contributed by atoms with Gasteiger partial charge in [0.1, 0.15) is 5.75 Å². The predicted molar refractivity (Wildman–Crippen MR) is 83.8 cm³/mol. The van der Waals surface area contributed by atoms with Gasteiger partial charge in [-0.1, -0.05) is 11.6 Å². The van der Waals surface area contributed by atoms with Crippen LogP contribution in [0, 0.1) is 0 Å². The SMILES string of the molecule is CCn1ncc(Cl)c1-c1cnc(O[C@H](C)C(F)(F)F)cc1OC.O=C=O. The summed E-state index contributed by atoms with van der Waals surface area (Å²) in [5.41, 5.74) is 1.10. The number of aromatic nitrogens is 3. The van der Waals surface area contributed by atoms with Crippen LogP contribution in [0.3, 0.4) is 0 Å². The average Bonchev–Trinajstić information content (AvgIpc) is 2.95. The van der Waals surface area contributed by atoms with Crippen LogP contribution in [0.5, 0.6) is 11.6 Å². The number of methoxy groups -OCH3 is 1. The first-order chi connectivity index (χ1) is 12.2. The zero-order chi connectivity index (χ0) is 19.9. The number of ether oxygens (including phenoxy) is 2. The Balaban J connectivity index is 0.00000105. The van der Waals surface area contributed by atoms with Crippen LogP contribution in [-0.4, -0.2) is 40.3 Å². The normalized spacial score (nSPS) is 11.8. The summed E-state index contributed by atoms with van der Waals surface area (Å²) in [6.07, 6.45) is -3.37. The van der Waals surface area contributed by atoms with Gasteiger partial charge in [0.2, 0.25) is 5.88 Å². The lowest BCUT2D eigenvalue weighted by Crippen LogP contribution is -2.31. The van der Waals surface area contributed by atoms with Crippen LogP contribution in [0.15, 0.2) is 18.5 Å². The van der Waals surface area contributed by atoms with E-state index >= 15 is 0 Å². The summed E-state index contributed by atoms with van der Waals surface area (Å²) < 4.78 is 49.4. The Labute approximate surface area is 151 Å². The summed E-state index contributed by atoms with van der Waals surface area (Å²) in [5, 5.41) is 4.50. The molecule has 26 heavy (non-hydrogen) atoms. The zero-order valence-corrected chi connectivity index (χ0v) is 14.8. The number of hydrogen-bond donors (Lipinski definition) is 0. The molecule has 2 rings (SSSR count). The lowest BCUT2D eigenvalue weighted by Gasteiger charge is -2.18. The first kappa shape index (κ1) is 21.5. The third-order valence-corrected chi connectivity index (χ3v) is 3.45. The fourth-order valence-corrected chi connectivity index (χ4v) is 2.19. The van der Waals surface area contributed by atoms with Gasteiger partial charge in [0.05, 0.1) is 29.6 Å². The maximum Gasteiger partial charge on any atom is 0.425 e. The Morgan fingerprint density at radius 3 is 2.46 bits per heavy atom. The van der Waals surface area contributed by atoms with E-state index in [2.05, 4.69) is 10.1 Å². The molecule has 0 saturated heterocycles. The molecule has 0 spiro atoms. The fraction of sp³-hybridized carbons (Fsp3) is 0.400. The minimum atomic E-state index is -4.47. The minimum absolute atomic E-state index is 0.186. The molecule has 0 unspecified atom stereocenters. The molecule has 0 saturated carbocycles. The number of aryl methyl sites for hydroxylation is 1. The first-order valence-corrected chi connectivity index (χ1v) is 7.55. The Morgan fingerprint density at radius 1 is 1.35 bits per heavy atom. The van der Waals surface area contributed by atoms with Gasteiger partial charge >= 0.3 is 12.3 Å². The molecular formula is C15H15ClF3N3O4. The third-order valence-electron chi connectivity index (χ3n) is 3.17. The van der Waals surface area contributed by atoms with Crippen molar-refractivity contribution in [3.05, 3.63) is 23.5 Å². The van der Waals surface area contributed by atoms with Crippen LogP contribution in [0.1, 0.15) is 13.8 Å². The van der Waals surface area contributed by atoms with Crippen molar-refractivity contribution in [3.63, 3.8) is 0 Å². The van der Waals surface area contributed by atoms with Crippen LogP contribution >= 0.6 is 11.6 Å². The summed E-state index contributed by atoms with van der Waals surface area (Å²) in [4.78, 5) is 20.2. The second-order valence-electron chi connectivity index (χ2n) is 4.76. The Morgan fingerprint density at radius 2 is 1.96 bits per heavy atom. The summed E-state index contributed by atoms with van der Waals surface area (Å²) in [5.74, 6) is 0.107. The number of carbonyl (C=O) groups excluding carboxylic acids is 2. The molecule has 2 aromatic heterocycles. The molecule has 0 aliphatic rings. The Kier molecular flexibility index (Phi) is 7.60. The minimum Gasteiger partial charge on any atom is -0.496 e. The summed E-state index contributed by atoms with van der Waals surface area (Å²) in [6, 6.07) is 1.29. The lowest BCUT2D eigenvalue weighted by molar-refractivity contribution is -0.192. The third kappa shape index (κ3) is 5.21. The van der Waals surface area contributed by atoms with E-state index in [-0.39, 0.29) is 12.0 Å². The predicted octanol–water partition coefficient (Wildman–Crippen LogP) is 3.37. The van der Waals surface area contributed by atoms with Gasteiger partial charge in [0.15, 0.2) is 6.10 Å². The number of hydrogen-bond acceptors (Lipinski definition) is 6. The maximum absolute atomic E-state index is 12.6.